The van der Waals surface area contributed by atoms with Gasteiger partial charge in [-0.05, 0) is 65.2 Å². The number of carbonyl (C=O) groups is 1. The van der Waals surface area contributed by atoms with Crippen LogP contribution in [0.4, 0.5) is 4.79 Å². The van der Waals surface area contributed by atoms with Crippen LogP contribution in [0.2, 0.25) is 0 Å². The average Bonchev–Trinajstić information content (AvgIpc) is 2.52. The third kappa shape index (κ3) is 3.16. The molecule has 2 rings (SSSR count). The van der Waals surface area contributed by atoms with Crippen molar-refractivity contribution in [3.63, 3.8) is 0 Å². The molecule has 2 saturated carbocycles. The van der Waals surface area contributed by atoms with E-state index >= 15 is 0 Å². The largest absolute Gasteiger partial charge is 0.444 e. The van der Waals surface area contributed by atoms with Crippen LogP contribution in [0.25, 0.3) is 0 Å². The molecule has 4 nitrogen and oxygen atoms in total. The van der Waals surface area contributed by atoms with E-state index in [4.69, 9.17) is 4.74 Å². The molecule has 0 radical (unpaired) electrons. The van der Waals surface area contributed by atoms with E-state index in [1.807, 2.05) is 20.8 Å². The first kappa shape index (κ1) is 13.7. The Hall–Kier alpha value is -0.770. The summed E-state index contributed by atoms with van der Waals surface area (Å²) in [5.74, 6) is 1.11. The number of aliphatic hydroxyl groups excluding tert-OH is 1. The van der Waals surface area contributed by atoms with Gasteiger partial charge in [0.2, 0.25) is 0 Å². The van der Waals surface area contributed by atoms with Crippen molar-refractivity contribution in [2.24, 2.45) is 11.8 Å². The molecule has 0 saturated heterocycles. The molecule has 2 aliphatic rings. The smallest absolute Gasteiger partial charge is 0.408 e. The summed E-state index contributed by atoms with van der Waals surface area (Å²) >= 11 is 0. The number of carbonyl (C=O) groups excluding carboxylic acids is 1. The number of nitrogens with one attached hydrogen (secondary N) is 1. The van der Waals surface area contributed by atoms with Gasteiger partial charge in [-0.15, -0.1) is 0 Å². The van der Waals surface area contributed by atoms with E-state index in [0.29, 0.717) is 11.8 Å². The first-order valence-corrected chi connectivity index (χ1v) is 6.86. The highest BCUT2D eigenvalue weighted by atomic mass is 16.6. The maximum Gasteiger partial charge on any atom is 0.408 e. The highest BCUT2D eigenvalue weighted by molar-refractivity contribution is 5.68. The SMILES string of the molecule is CC1(NC(=O)OC(C)(C)C)C[C@H]2CC(O)C[C@H]2C1. The molecule has 0 heterocycles. The molecule has 2 fully saturated rings. The third-order valence-electron chi connectivity index (χ3n) is 4.04. The van der Waals surface area contributed by atoms with E-state index in [1.54, 1.807) is 0 Å². The maximum absolute atomic E-state index is 11.8. The minimum absolute atomic E-state index is 0.133. The van der Waals surface area contributed by atoms with Crippen LogP contribution in [-0.4, -0.2) is 28.4 Å². The molecule has 0 aliphatic heterocycles. The van der Waals surface area contributed by atoms with Crippen molar-refractivity contribution in [3.8, 4) is 0 Å². The molecule has 0 aromatic heterocycles. The molecule has 1 amide bonds. The lowest BCUT2D eigenvalue weighted by Crippen LogP contribution is -2.46. The van der Waals surface area contributed by atoms with E-state index in [-0.39, 0.29) is 17.7 Å². The predicted molar refractivity (Wildman–Crippen MR) is 69.2 cm³/mol. The minimum atomic E-state index is -0.453. The lowest BCUT2D eigenvalue weighted by atomic mass is 9.96. The van der Waals surface area contributed by atoms with Gasteiger partial charge >= 0.3 is 6.09 Å². The first-order valence-electron chi connectivity index (χ1n) is 6.86. The highest BCUT2D eigenvalue weighted by Crippen LogP contribution is 2.48. The Balaban J connectivity index is 1.89. The van der Waals surface area contributed by atoms with E-state index in [2.05, 4.69) is 12.2 Å². The molecule has 4 heteroatoms. The number of aliphatic hydroxyl groups is 1. The van der Waals surface area contributed by atoms with Crippen LogP contribution in [0, 0.1) is 11.8 Å². The van der Waals surface area contributed by atoms with Crippen LogP contribution < -0.4 is 5.32 Å². The quantitative estimate of drug-likeness (QED) is 0.756. The molecule has 104 valence electrons. The number of fused-ring (bicyclic) bond motifs is 1. The predicted octanol–water partition coefficient (Wildman–Crippen LogP) is 2.45. The Labute approximate surface area is 109 Å². The van der Waals surface area contributed by atoms with Gasteiger partial charge in [0.05, 0.1) is 6.10 Å². The normalized spacial score (nSPS) is 39.5. The van der Waals surface area contributed by atoms with Gasteiger partial charge in [-0.2, -0.15) is 0 Å². The number of alkyl carbamates (subject to hydrolysis) is 1. The Morgan fingerprint density at radius 2 is 1.78 bits per heavy atom. The molecule has 2 unspecified atom stereocenters. The summed E-state index contributed by atoms with van der Waals surface area (Å²) in [6.07, 6.45) is 3.21. The third-order valence-corrected chi connectivity index (χ3v) is 4.04. The lowest BCUT2D eigenvalue weighted by Gasteiger charge is -2.29. The summed E-state index contributed by atoms with van der Waals surface area (Å²) in [5.41, 5.74) is -0.622. The zero-order chi connectivity index (χ0) is 13.6. The maximum atomic E-state index is 11.8. The molecule has 4 atom stereocenters. The van der Waals surface area contributed by atoms with Crippen LogP contribution in [-0.2, 0) is 4.74 Å². The second-order valence-corrected chi connectivity index (χ2v) is 7.24. The number of rotatable bonds is 1. The van der Waals surface area contributed by atoms with Crippen molar-refractivity contribution in [1.82, 2.24) is 5.32 Å². The van der Waals surface area contributed by atoms with Gasteiger partial charge in [0.25, 0.3) is 0 Å². The standard InChI is InChI=1S/C14H25NO3/c1-13(2,3)18-12(17)15-14(4)7-9-5-11(16)6-10(9)8-14/h9-11,16H,5-8H2,1-4H3,(H,15,17)/t9-,10+,11?,14?. The van der Waals surface area contributed by atoms with Gasteiger partial charge in [-0.25, -0.2) is 4.79 Å². The van der Waals surface area contributed by atoms with E-state index in [0.717, 1.165) is 25.7 Å². The first-order chi connectivity index (χ1) is 8.17. The fourth-order valence-electron chi connectivity index (χ4n) is 3.57. The fraction of sp³-hybridized carbons (Fsp3) is 0.929. The summed E-state index contributed by atoms with van der Waals surface area (Å²) in [4.78, 5) is 11.8. The molecule has 0 aromatic rings. The monoisotopic (exact) mass is 255 g/mol. The van der Waals surface area contributed by atoms with Gasteiger partial charge in [0, 0.05) is 5.54 Å². The van der Waals surface area contributed by atoms with E-state index in [1.165, 1.54) is 0 Å². The van der Waals surface area contributed by atoms with Crippen molar-refractivity contribution >= 4 is 6.09 Å². The summed E-state index contributed by atoms with van der Waals surface area (Å²) in [6, 6.07) is 0. The number of ether oxygens (including phenoxy) is 1. The van der Waals surface area contributed by atoms with Crippen LogP contribution in [0.5, 0.6) is 0 Å². The minimum Gasteiger partial charge on any atom is -0.444 e. The molecule has 0 aromatic carbocycles. The van der Waals surface area contributed by atoms with Crippen LogP contribution in [0.15, 0.2) is 0 Å². The summed E-state index contributed by atoms with van der Waals surface area (Å²) in [5, 5.41) is 12.6. The molecule has 18 heavy (non-hydrogen) atoms. The molecule has 0 spiro atoms. The van der Waals surface area contributed by atoms with Crippen molar-refractivity contribution in [3.05, 3.63) is 0 Å². The summed E-state index contributed by atoms with van der Waals surface area (Å²) < 4.78 is 5.31. The van der Waals surface area contributed by atoms with Gasteiger partial charge < -0.3 is 15.2 Å². The average molecular weight is 255 g/mol. The van der Waals surface area contributed by atoms with Crippen molar-refractivity contribution in [1.29, 1.82) is 0 Å². The van der Waals surface area contributed by atoms with Crippen molar-refractivity contribution in [2.45, 2.75) is 70.6 Å². The van der Waals surface area contributed by atoms with Crippen LogP contribution >= 0.6 is 0 Å². The molecular formula is C14H25NO3. The highest BCUT2D eigenvalue weighted by Gasteiger charge is 2.47. The molecule has 2 aliphatic carbocycles. The van der Waals surface area contributed by atoms with Crippen molar-refractivity contribution < 1.29 is 14.6 Å². The molecular weight excluding hydrogens is 230 g/mol. The van der Waals surface area contributed by atoms with Crippen molar-refractivity contribution in [2.75, 3.05) is 0 Å². The molecule has 2 N–H and O–H groups in total. The topological polar surface area (TPSA) is 58.6 Å². The number of amides is 1. The molecule has 0 bridgehead atoms. The summed E-state index contributed by atoms with van der Waals surface area (Å²) in [7, 11) is 0. The van der Waals surface area contributed by atoms with E-state index in [9.17, 15) is 9.90 Å². The fourth-order valence-corrected chi connectivity index (χ4v) is 3.57. The Morgan fingerprint density at radius 3 is 2.22 bits per heavy atom. The Bertz CT molecular complexity index is 320. The second-order valence-electron chi connectivity index (χ2n) is 7.24. The zero-order valence-electron chi connectivity index (χ0n) is 11.8. The van der Waals surface area contributed by atoms with E-state index < -0.39 is 5.60 Å². The Kier molecular flexibility index (Phi) is 3.34. The van der Waals surface area contributed by atoms with Crippen LogP contribution in [0.1, 0.15) is 53.4 Å². The van der Waals surface area contributed by atoms with Gasteiger partial charge in [-0.1, -0.05) is 0 Å². The Morgan fingerprint density at radius 1 is 1.28 bits per heavy atom. The lowest BCUT2D eigenvalue weighted by molar-refractivity contribution is 0.0459. The van der Waals surface area contributed by atoms with Gasteiger partial charge in [-0.3, -0.25) is 0 Å². The summed E-state index contributed by atoms with van der Waals surface area (Å²) in [6.45, 7) is 7.69. The zero-order valence-corrected chi connectivity index (χ0v) is 11.8. The van der Waals surface area contributed by atoms with Crippen LogP contribution in [0.3, 0.4) is 0 Å². The number of hydrogen-bond acceptors (Lipinski definition) is 3. The van der Waals surface area contributed by atoms with Gasteiger partial charge in [0.15, 0.2) is 0 Å². The second kappa shape index (κ2) is 4.41. The van der Waals surface area contributed by atoms with Gasteiger partial charge in [0.1, 0.15) is 5.60 Å². The number of hydrogen-bond donors (Lipinski definition) is 2.